The van der Waals surface area contributed by atoms with Crippen LogP contribution in [0.5, 0.6) is 0 Å². The van der Waals surface area contributed by atoms with Crippen LogP contribution >= 0.6 is 0 Å². The molecule has 0 bridgehead atoms. The second-order valence-electron chi connectivity index (χ2n) is 13.9. The van der Waals surface area contributed by atoms with Crippen molar-refractivity contribution in [3.05, 3.63) is 133 Å². The number of para-hydroxylation sites is 2. The Morgan fingerprint density at radius 3 is 1.87 bits per heavy atom. The summed E-state index contributed by atoms with van der Waals surface area (Å²) < 4.78 is 0. The Balaban J connectivity index is 0.00000372. The molecule has 3 aromatic heterocycles. The first-order chi connectivity index (χ1) is 21.5. The number of aromatic nitrogens is 3. The Bertz CT molecular complexity index is 2150. The van der Waals surface area contributed by atoms with E-state index in [4.69, 9.17) is 9.97 Å². The van der Waals surface area contributed by atoms with Gasteiger partial charge in [-0.2, -0.15) is 0 Å². The maximum Gasteiger partial charge on any atom is 2.00 e. The van der Waals surface area contributed by atoms with Gasteiger partial charge in [-0.1, -0.05) is 132 Å². The fraction of sp³-hybridized carbons (Fsp3) is 0.190. The van der Waals surface area contributed by atoms with Gasteiger partial charge in [-0.25, -0.2) is 0 Å². The largest absolute Gasteiger partial charge is 2.00 e. The normalized spacial score (nSPS) is 12.0. The third kappa shape index (κ3) is 6.09. The summed E-state index contributed by atoms with van der Waals surface area (Å²) in [5.74, 6) is 0. The Kier molecular flexibility index (Phi) is 8.34. The number of hydrogen-bond donors (Lipinski definition) is 0. The minimum absolute atomic E-state index is 0. The average molecular weight is 779 g/mol. The molecule has 0 unspecified atom stereocenters. The molecule has 0 aliphatic heterocycles. The molecule has 3 heterocycles. The average Bonchev–Trinajstić information content (AvgIpc) is 3.43. The SMILES string of the molecule is CC(C)(C)c1cc(-c2cc(-c3[c-]c(-c4ccccn4)ccc3)nc(-c3cccc4c3[n-]c3ccccc34)c2)cc(C(C)(C)C)c1.[Pt+2]. The maximum absolute atomic E-state index is 5.31. The Labute approximate surface area is 286 Å². The zero-order valence-electron chi connectivity index (χ0n) is 27.1. The van der Waals surface area contributed by atoms with Crippen LogP contribution in [0.15, 0.2) is 115 Å². The van der Waals surface area contributed by atoms with E-state index in [1.807, 2.05) is 30.5 Å². The van der Waals surface area contributed by atoms with E-state index in [-0.39, 0.29) is 31.9 Å². The van der Waals surface area contributed by atoms with Gasteiger partial charge in [-0.3, -0.25) is 9.97 Å². The van der Waals surface area contributed by atoms with Gasteiger partial charge in [0.25, 0.3) is 0 Å². The van der Waals surface area contributed by atoms with Crippen LogP contribution in [0.25, 0.3) is 66.7 Å². The Morgan fingerprint density at radius 1 is 0.565 bits per heavy atom. The molecule has 0 fully saturated rings. The van der Waals surface area contributed by atoms with E-state index in [9.17, 15) is 0 Å². The molecular formula is C42H37N3Pt. The van der Waals surface area contributed by atoms with E-state index in [1.165, 1.54) is 16.7 Å². The van der Waals surface area contributed by atoms with Crippen molar-refractivity contribution in [1.82, 2.24) is 15.0 Å². The third-order valence-corrected chi connectivity index (χ3v) is 8.57. The summed E-state index contributed by atoms with van der Waals surface area (Å²) in [6.07, 6.45) is 1.82. The molecule has 7 aromatic rings. The molecule has 4 aromatic carbocycles. The van der Waals surface area contributed by atoms with E-state index in [2.05, 4.69) is 138 Å². The van der Waals surface area contributed by atoms with Crippen molar-refractivity contribution < 1.29 is 21.1 Å². The molecule has 0 radical (unpaired) electrons. The van der Waals surface area contributed by atoms with Crippen LogP contribution in [0, 0.1) is 6.07 Å². The molecule has 0 N–H and O–H groups in total. The topological polar surface area (TPSA) is 39.9 Å². The minimum atomic E-state index is 0. The number of hydrogen-bond acceptors (Lipinski definition) is 2. The van der Waals surface area contributed by atoms with Crippen molar-refractivity contribution in [2.45, 2.75) is 52.4 Å². The minimum Gasteiger partial charge on any atom is -0.656 e. The summed E-state index contributed by atoms with van der Waals surface area (Å²) in [4.78, 5) is 15.0. The fourth-order valence-electron chi connectivity index (χ4n) is 5.93. The van der Waals surface area contributed by atoms with Gasteiger partial charge in [0.05, 0.1) is 5.69 Å². The monoisotopic (exact) mass is 778 g/mol. The molecule has 0 amide bonds. The number of nitrogens with zero attached hydrogens (tertiary/aromatic N) is 3. The van der Waals surface area contributed by atoms with Gasteiger partial charge in [0.15, 0.2) is 0 Å². The maximum atomic E-state index is 5.31. The van der Waals surface area contributed by atoms with Crippen molar-refractivity contribution >= 4 is 21.8 Å². The first kappa shape index (κ1) is 31.6. The molecular weight excluding hydrogens is 742 g/mol. The Hall–Kier alpha value is -4.33. The van der Waals surface area contributed by atoms with Gasteiger partial charge in [0.1, 0.15) is 0 Å². The molecule has 0 aliphatic rings. The van der Waals surface area contributed by atoms with Crippen LogP contribution in [0.1, 0.15) is 52.7 Å². The van der Waals surface area contributed by atoms with Crippen LogP contribution in [0.4, 0.5) is 0 Å². The van der Waals surface area contributed by atoms with Crippen LogP contribution in [0.3, 0.4) is 0 Å². The van der Waals surface area contributed by atoms with Crippen molar-refractivity contribution in [1.29, 1.82) is 0 Å². The summed E-state index contributed by atoms with van der Waals surface area (Å²) >= 11 is 0. The standard InChI is InChI=1S/C42H37N3.Pt/c1-41(2,3)31-22-29(23-32(26-31)42(4,5)6)30-24-38(28-14-11-13-27(21-28)36-18-9-10-20-43-36)44-39(25-30)35-17-12-16-34-33-15-7-8-19-37(33)45-40(34)35;/h7-20,22-26H,1-6H3;/q-2;+2. The van der Waals surface area contributed by atoms with Gasteiger partial charge < -0.3 is 4.98 Å². The Morgan fingerprint density at radius 2 is 1.17 bits per heavy atom. The van der Waals surface area contributed by atoms with Crippen molar-refractivity contribution in [3.63, 3.8) is 0 Å². The smallest absolute Gasteiger partial charge is 0.656 e. The van der Waals surface area contributed by atoms with E-state index in [0.717, 1.165) is 61.1 Å². The van der Waals surface area contributed by atoms with Crippen molar-refractivity contribution in [3.8, 4) is 44.9 Å². The van der Waals surface area contributed by atoms with Crippen LogP contribution < -0.4 is 4.98 Å². The molecule has 0 saturated carbocycles. The van der Waals surface area contributed by atoms with Crippen LogP contribution in [-0.2, 0) is 31.9 Å². The van der Waals surface area contributed by atoms with Gasteiger partial charge >= 0.3 is 21.1 Å². The predicted molar refractivity (Wildman–Crippen MR) is 188 cm³/mol. The van der Waals surface area contributed by atoms with Crippen LogP contribution in [0.2, 0.25) is 0 Å². The second-order valence-corrected chi connectivity index (χ2v) is 13.9. The molecule has 46 heavy (non-hydrogen) atoms. The number of benzene rings is 4. The molecule has 230 valence electrons. The molecule has 3 nitrogen and oxygen atoms in total. The zero-order chi connectivity index (χ0) is 31.3. The summed E-state index contributed by atoms with van der Waals surface area (Å²) in [6, 6.07) is 42.1. The molecule has 7 rings (SSSR count). The first-order valence-electron chi connectivity index (χ1n) is 15.6. The predicted octanol–water partition coefficient (Wildman–Crippen LogP) is 10.8. The molecule has 4 heteroatoms. The van der Waals surface area contributed by atoms with Crippen molar-refractivity contribution in [2.24, 2.45) is 0 Å². The molecule has 0 spiro atoms. The first-order valence-corrected chi connectivity index (χ1v) is 15.6. The molecule has 0 aliphatic carbocycles. The summed E-state index contributed by atoms with van der Waals surface area (Å²) in [5.41, 5.74) is 12.5. The van der Waals surface area contributed by atoms with Gasteiger partial charge in [0.2, 0.25) is 0 Å². The zero-order valence-corrected chi connectivity index (χ0v) is 29.4. The van der Waals surface area contributed by atoms with E-state index in [0.29, 0.717) is 0 Å². The van der Waals surface area contributed by atoms with Gasteiger partial charge in [0, 0.05) is 17.6 Å². The third-order valence-electron chi connectivity index (χ3n) is 8.57. The van der Waals surface area contributed by atoms with E-state index in [1.54, 1.807) is 0 Å². The number of fused-ring (bicyclic) bond motifs is 3. The van der Waals surface area contributed by atoms with Gasteiger partial charge in [-0.05, 0) is 61.6 Å². The number of rotatable bonds is 4. The van der Waals surface area contributed by atoms with E-state index >= 15 is 0 Å². The quantitative estimate of drug-likeness (QED) is 0.167. The van der Waals surface area contributed by atoms with Gasteiger partial charge in [-0.15, -0.1) is 35.3 Å². The summed E-state index contributed by atoms with van der Waals surface area (Å²) in [7, 11) is 0. The van der Waals surface area contributed by atoms with Crippen LogP contribution in [-0.4, -0.2) is 9.97 Å². The summed E-state index contributed by atoms with van der Waals surface area (Å²) in [5, 5.41) is 2.31. The van der Waals surface area contributed by atoms with Crippen molar-refractivity contribution in [2.75, 3.05) is 0 Å². The number of pyridine rings is 2. The molecule has 0 saturated heterocycles. The second kappa shape index (κ2) is 12.1. The molecule has 0 atom stereocenters. The fourth-order valence-corrected chi connectivity index (χ4v) is 5.93. The summed E-state index contributed by atoms with van der Waals surface area (Å²) in [6.45, 7) is 13.7. The van der Waals surface area contributed by atoms with E-state index < -0.39 is 0 Å².